The van der Waals surface area contributed by atoms with Crippen LogP contribution in [0.15, 0.2) is 10.6 Å². The van der Waals surface area contributed by atoms with Crippen LogP contribution in [0.25, 0.3) is 0 Å². The van der Waals surface area contributed by atoms with Crippen LogP contribution < -0.4 is 0 Å². The molecular weight excluding hydrogens is 278 g/mol. The molecule has 0 spiro atoms. The number of carbonyl (C=O) groups excluding carboxylic acids is 1. The van der Waals surface area contributed by atoms with Crippen molar-refractivity contribution in [2.45, 2.75) is 58.1 Å². The molecule has 0 saturated heterocycles. The third-order valence-electron chi connectivity index (χ3n) is 3.47. The molecule has 0 N–H and O–H groups in total. The quantitative estimate of drug-likeness (QED) is 0.834. The molecule has 1 heterocycles. The van der Waals surface area contributed by atoms with Crippen molar-refractivity contribution in [3.05, 3.63) is 17.5 Å². The first-order chi connectivity index (χ1) is 8.91. The molecule has 5 nitrogen and oxygen atoms in total. The molecule has 0 radical (unpaired) electrons. The number of rotatable bonds is 5. The Bertz CT molecular complexity index is 591. The molecule has 1 aromatic heterocycles. The van der Waals surface area contributed by atoms with E-state index in [4.69, 9.17) is 4.52 Å². The molecule has 0 aliphatic rings. The maximum absolute atomic E-state index is 12.2. The van der Waals surface area contributed by atoms with Gasteiger partial charge in [0.2, 0.25) is 0 Å². The van der Waals surface area contributed by atoms with E-state index in [9.17, 15) is 13.2 Å². The summed E-state index contributed by atoms with van der Waals surface area (Å²) in [5, 5.41) is 3.85. The molecule has 1 aromatic rings. The Kier molecular flexibility index (Phi) is 4.49. The van der Waals surface area contributed by atoms with Gasteiger partial charge in [-0.05, 0) is 13.8 Å². The number of Topliss-reactive ketones (excluding diaryl/α,β-unsaturated/α-hetero) is 1. The van der Waals surface area contributed by atoms with Crippen LogP contribution in [0.2, 0.25) is 0 Å². The number of nitrogens with zero attached hydrogens (tertiary/aromatic N) is 1. The van der Waals surface area contributed by atoms with Crippen LogP contribution in [0.1, 0.15) is 53.0 Å². The minimum absolute atomic E-state index is 0.0359. The molecule has 0 saturated carbocycles. The summed E-state index contributed by atoms with van der Waals surface area (Å²) in [5.74, 6) is 0.252. The minimum atomic E-state index is -3.45. The smallest absolute Gasteiger partial charge is 0.162 e. The lowest BCUT2D eigenvalue weighted by molar-refractivity contribution is -0.120. The van der Waals surface area contributed by atoms with E-state index < -0.39 is 14.6 Å². The van der Waals surface area contributed by atoms with Gasteiger partial charge in [-0.15, -0.1) is 0 Å². The van der Waals surface area contributed by atoms with Gasteiger partial charge in [-0.3, -0.25) is 4.79 Å². The van der Waals surface area contributed by atoms with Crippen LogP contribution in [0.5, 0.6) is 0 Å². The van der Waals surface area contributed by atoms with Gasteiger partial charge in [0, 0.05) is 17.2 Å². The monoisotopic (exact) mass is 301 g/mol. The van der Waals surface area contributed by atoms with Crippen LogP contribution in [-0.4, -0.2) is 29.9 Å². The first kappa shape index (κ1) is 16.9. The van der Waals surface area contributed by atoms with Crippen molar-refractivity contribution in [3.8, 4) is 0 Å². The Hall–Kier alpha value is -1.17. The highest BCUT2D eigenvalue weighted by Crippen LogP contribution is 2.25. The van der Waals surface area contributed by atoms with E-state index in [1.165, 1.54) is 20.8 Å². The van der Waals surface area contributed by atoms with E-state index in [0.29, 0.717) is 11.5 Å². The van der Waals surface area contributed by atoms with Gasteiger partial charge in [-0.25, -0.2) is 8.42 Å². The predicted octanol–water partition coefficient (Wildman–Crippen LogP) is 2.30. The van der Waals surface area contributed by atoms with Gasteiger partial charge in [0.1, 0.15) is 10.5 Å². The molecule has 0 aliphatic carbocycles. The summed E-state index contributed by atoms with van der Waals surface area (Å²) in [6.45, 7) is 10.4. The Balaban J connectivity index is 2.95. The summed E-state index contributed by atoms with van der Waals surface area (Å²) in [5.41, 5.74) is 0.276. The van der Waals surface area contributed by atoms with E-state index in [2.05, 4.69) is 5.16 Å². The average Bonchev–Trinajstić information content (AvgIpc) is 2.76. The average molecular weight is 301 g/mol. The predicted molar refractivity (Wildman–Crippen MR) is 77.5 cm³/mol. The largest absolute Gasteiger partial charge is 0.361 e. The van der Waals surface area contributed by atoms with Gasteiger partial charge >= 0.3 is 0 Å². The van der Waals surface area contributed by atoms with Gasteiger partial charge < -0.3 is 4.52 Å². The summed E-state index contributed by atoms with van der Waals surface area (Å²) in [6, 6.07) is 1.71. The van der Waals surface area contributed by atoms with E-state index in [-0.39, 0.29) is 23.4 Å². The normalized spacial score (nSPS) is 13.5. The standard InChI is InChI=1S/C14H23NO4S/c1-7-20(17,18)14(5,6)11(16)8-10-9-12(19-15-10)13(2,3)4/h9H,7-8H2,1-6H3. The molecule has 114 valence electrons. The third-order valence-corrected chi connectivity index (χ3v) is 6.01. The summed E-state index contributed by atoms with van der Waals surface area (Å²) in [6.07, 6.45) is -0.0359. The van der Waals surface area contributed by atoms with Crippen LogP contribution in [0.4, 0.5) is 0 Å². The Morgan fingerprint density at radius 2 is 1.80 bits per heavy atom. The van der Waals surface area contributed by atoms with Crippen LogP contribution in [0, 0.1) is 0 Å². The lowest BCUT2D eigenvalue weighted by Crippen LogP contribution is -2.42. The maximum Gasteiger partial charge on any atom is 0.162 e. The van der Waals surface area contributed by atoms with Gasteiger partial charge in [0.05, 0.1) is 12.1 Å². The zero-order chi connectivity index (χ0) is 15.8. The highest BCUT2D eigenvalue weighted by atomic mass is 32.2. The number of hydrogen-bond donors (Lipinski definition) is 0. The van der Waals surface area contributed by atoms with Crippen LogP contribution in [-0.2, 0) is 26.5 Å². The number of sulfone groups is 1. The lowest BCUT2D eigenvalue weighted by Gasteiger charge is -2.21. The number of aromatic nitrogens is 1. The van der Waals surface area contributed by atoms with Gasteiger partial charge in [0.15, 0.2) is 15.6 Å². The summed E-state index contributed by atoms with van der Waals surface area (Å²) >= 11 is 0. The second kappa shape index (κ2) is 5.31. The van der Waals surface area contributed by atoms with Crippen molar-refractivity contribution < 1.29 is 17.7 Å². The van der Waals surface area contributed by atoms with Crippen LogP contribution >= 0.6 is 0 Å². The van der Waals surface area contributed by atoms with Crippen molar-refractivity contribution in [3.63, 3.8) is 0 Å². The van der Waals surface area contributed by atoms with Crippen molar-refractivity contribution in [2.24, 2.45) is 0 Å². The van der Waals surface area contributed by atoms with Crippen molar-refractivity contribution in [1.82, 2.24) is 5.16 Å². The summed E-state index contributed by atoms with van der Waals surface area (Å²) in [7, 11) is -3.45. The molecule has 6 heteroatoms. The number of ketones is 1. The molecule has 0 aliphatic heterocycles. The molecule has 0 bridgehead atoms. The highest BCUT2D eigenvalue weighted by molar-refractivity contribution is 7.93. The molecular formula is C14H23NO4S. The fraction of sp³-hybridized carbons (Fsp3) is 0.714. The van der Waals surface area contributed by atoms with Crippen LogP contribution in [0.3, 0.4) is 0 Å². The topological polar surface area (TPSA) is 77.2 Å². The third kappa shape index (κ3) is 3.29. The van der Waals surface area contributed by atoms with Gasteiger partial charge in [-0.1, -0.05) is 32.9 Å². The Morgan fingerprint density at radius 3 is 2.20 bits per heavy atom. The number of carbonyl (C=O) groups is 1. The van der Waals surface area contributed by atoms with E-state index >= 15 is 0 Å². The van der Waals surface area contributed by atoms with E-state index in [1.54, 1.807) is 6.07 Å². The molecule has 0 atom stereocenters. The second-order valence-electron chi connectivity index (χ2n) is 6.45. The fourth-order valence-electron chi connectivity index (χ4n) is 1.66. The summed E-state index contributed by atoms with van der Waals surface area (Å²) in [4.78, 5) is 12.2. The molecule has 20 heavy (non-hydrogen) atoms. The van der Waals surface area contributed by atoms with Gasteiger partial charge in [-0.2, -0.15) is 0 Å². The van der Waals surface area contributed by atoms with Crippen molar-refractivity contribution in [1.29, 1.82) is 0 Å². The van der Waals surface area contributed by atoms with Crippen molar-refractivity contribution >= 4 is 15.6 Å². The first-order valence-electron chi connectivity index (χ1n) is 6.63. The lowest BCUT2D eigenvalue weighted by atomic mass is 9.92. The van der Waals surface area contributed by atoms with Crippen molar-refractivity contribution in [2.75, 3.05) is 5.75 Å². The summed E-state index contributed by atoms with van der Waals surface area (Å²) < 4.78 is 27.7. The van der Waals surface area contributed by atoms with E-state index in [0.717, 1.165) is 0 Å². The van der Waals surface area contributed by atoms with Gasteiger partial charge in [0.25, 0.3) is 0 Å². The molecule has 0 amide bonds. The number of hydrogen-bond acceptors (Lipinski definition) is 5. The minimum Gasteiger partial charge on any atom is -0.361 e. The molecule has 0 unspecified atom stereocenters. The Labute approximate surface area is 120 Å². The Morgan fingerprint density at radius 1 is 1.25 bits per heavy atom. The first-order valence-corrected chi connectivity index (χ1v) is 8.28. The zero-order valence-corrected chi connectivity index (χ0v) is 13.8. The zero-order valence-electron chi connectivity index (χ0n) is 13.0. The highest BCUT2D eigenvalue weighted by Gasteiger charge is 2.40. The molecule has 0 aromatic carbocycles. The molecule has 0 fully saturated rings. The van der Waals surface area contributed by atoms with E-state index in [1.807, 2.05) is 20.8 Å². The molecule has 1 rings (SSSR count). The maximum atomic E-state index is 12.2. The fourth-order valence-corrected chi connectivity index (χ4v) is 2.80. The second-order valence-corrected chi connectivity index (χ2v) is 9.27. The SMILES string of the molecule is CCS(=O)(=O)C(C)(C)C(=O)Cc1cc(C(C)(C)C)on1.